The Balaban J connectivity index is 2.24. The lowest BCUT2D eigenvalue weighted by molar-refractivity contribution is -0.139. The summed E-state index contributed by atoms with van der Waals surface area (Å²) in [7, 11) is 2.89. The number of Topliss-reactive ketones (excluding diaryl/α,β-unsaturated/α-hetero) is 1. The first kappa shape index (κ1) is 24.6. The second-order valence-corrected chi connectivity index (χ2v) is 9.46. The Morgan fingerprint density at radius 1 is 1.06 bits per heavy atom. The lowest BCUT2D eigenvalue weighted by Crippen LogP contribution is -2.30. The van der Waals surface area contributed by atoms with E-state index in [0.29, 0.717) is 23.7 Å². The summed E-state index contributed by atoms with van der Waals surface area (Å²) in [6.07, 6.45) is 0.668. The molecule has 3 rings (SSSR count). The Bertz CT molecular complexity index is 1100. The highest BCUT2D eigenvalue weighted by Crippen LogP contribution is 2.43. The maximum Gasteiger partial charge on any atom is 0.295 e. The zero-order valence-electron chi connectivity index (χ0n) is 19.9. The van der Waals surface area contributed by atoms with Gasteiger partial charge in [-0.05, 0) is 29.0 Å². The quantitative estimate of drug-likeness (QED) is 0.342. The molecule has 1 heterocycles. The number of carbonyl (C=O) groups excluding carboxylic acids is 2. The van der Waals surface area contributed by atoms with Crippen molar-refractivity contribution < 1.29 is 24.2 Å². The van der Waals surface area contributed by atoms with Crippen molar-refractivity contribution in [1.29, 1.82) is 0 Å². The van der Waals surface area contributed by atoms with E-state index in [9.17, 15) is 14.7 Å². The van der Waals surface area contributed by atoms with E-state index in [-0.39, 0.29) is 28.1 Å². The summed E-state index contributed by atoms with van der Waals surface area (Å²) >= 11 is 6.21. The highest BCUT2D eigenvalue weighted by atomic mass is 35.5. The molecule has 1 unspecified atom stereocenters. The maximum absolute atomic E-state index is 13.1. The number of ether oxygens (including phenoxy) is 2. The van der Waals surface area contributed by atoms with E-state index in [4.69, 9.17) is 21.1 Å². The molecule has 1 aliphatic rings. The molecule has 1 N–H and O–H groups in total. The first-order valence-corrected chi connectivity index (χ1v) is 11.2. The number of hydrogen-bond acceptors (Lipinski definition) is 5. The fourth-order valence-corrected chi connectivity index (χ4v) is 4.28. The van der Waals surface area contributed by atoms with Gasteiger partial charge < -0.3 is 19.5 Å². The van der Waals surface area contributed by atoms with E-state index in [1.54, 1.807) is 0 Å². The number of aliphatic hydroxyl groups is 1. The summed E-state index contributed by atoms with van der Waals surface area (Å²) in [4.78, 5) is 27.6. The van der Waals surface area contributed by atoms with Crippen LogP contribution in [-0.2, 0) is 15.0 Å². The predicted molar refractivity (Wildman–Crippen MR) is 129 cm³/mol. The van der Waals surface area contributed by atoms with Crippen LogP contribution in [0.25, 0.3) is 5.76 Å². The van der Waals surface area contributed by atoms with E-state index in [2.05, 4.69) is 20.8 Å². The largest absolute Gasteiger partial charge is 0.507 e. The molecule has 33 heavy (non-hydrogen) atoms. The summed E-state index contributed by atoms with van der Waals surface area (Å²) in [6.45, 7) is 8.67. The average molecular weight is 472 g/mol. The molecule has 1 atom stereocenters. The van der Waals surface area contributed by atoms with Gasteiger partial charge in [0.25, 0.3) is 11.7 Å². The van der Waals surface area contributed by atoms with Crippen molar-refractivity contribution in [1.82, 2.24) is 4.90 Å². The van der Waals surface area contributed by atoms with E-state index in [0.717, 1.165) is 11.1 Å². The predicted octanol–water partition coefficient (Wildman–Crippen LogP) is 5.49. The molecule has 0 bridgehead atoms. The van der Waals surface area contributed by atoms with Gasteiger partial charge in [-0.25, -0.2) is 0 Å². The van der Waals surface area contributed by atoms with Crippen LogP contribution in [0.4, 0.5) is 0 Å². The van der Waals surface area contributed by atoms with Crippen molar-refractivity contribution in [2.45, 2.75) is 45.6 Å². The molecule has 1 amide bonds. The van der Waals surface area contributed by atoms with Gasteiger partial charge in [-0.2, -0.15) is 0 Å². The highest BCUT2D eigenvalue weighted by molar-refractivity contribution is 6.46. The number of nitrogens with zero attached hydrogens (tertiary/aromatic N) is 1. The minimum atomic E-state index is -0.734. The van der Waals surface area contributed by atoms with Gasteiger partial charge in [-0.15, -0.1) is 0 Å². The molecule has 7 heteroatoms. The van der Waals surface area contributed by atoms with E-state index in [1.165, 1.54) is 31.3 Å². The number of ketones is 1. The first-order valence-electron chi connectivity index (χ1n) is 10.9. The SMILES string of the molecule is CCCN1C(=O)C(=O)/C(=C(/O)c2cc(OC)c(Cl)cc2OC)C1c1ccc(C(C)(C)C)cc1. The van der Waals surface area contributed by atoms with Crippen molar-refractivity contribution in [2.75, 3.05) is 20.8 Å². The molecule has 0 saturated carbocycles. The smallest absolute Gasteiger partial charge is 0.295 e. The highest BCUT2D eigenvalue weighted by Gasteiger charge is 2.46. The Labute approximate surface area is 199 Å². The fraction of sp³-hybridized carbons (Fsp3) is 0.385. The van der Waals surface area contributed by atoms with Gasteiger partial charge in [-0.1, -0.05) is 63.6 Å². The van der Waals surface area contributed by atoms with Gasteiger partial charge in [0.2, 0.25) is 0 Å². The van der Waals surface area contributed by atoms with Crippen molar-refractivity contribution >= 4 is 29.1 Å². The van der Waals surface area contributed by atoms with Gasteiger partial charge in [0.05, 0.1) is 36.4 Å². The average Bonchev–Trinajstić information content (AvgIpc) is 3.03. The number of carbonyl (C=O) groups is 2. The molecule has 0 radical (unpaired) electrons. The zero-order valence-corrected chi connectivity index (χ0v) is 20.6. The van der Waals surface area contributed by atoms with Crippen molar-refractivity contribution in [2.24, 2.45) is 0 Å². The summed E-state index contributed by atoms with van der Waals surface area (Å²) in [5.41, 5.74) is 2.07. The third kappa shape index (κ3) is 4.58. The summed E-state index contributed by atoms with van der Waals surface area (Å²) in [5.74, 6) is -1.12. The lowest BCUT2D eigenvalue weighted by atomic mass is 9.85. The molecular weight excluding hydrogens is 442 g/mol. The number of halogens is 1. The minimum absolute atomic E-state index is 0.0136. The van der Waals surface area contributed by atoms with Crippen LogP contribution in [0.15, 0.2) is 42.0 Å². The number of rotatable bonds is 6. The molecule has 0 aromatic heterocycles. The van der Waals surface area contributed by atoms with Gasteiger partial charge in [0.15, 0.2) is 0 Å². The number of methoxy groups -OCH3 is 2. The lowest BCUT2D eigenvalue weighted by Gasteiger charge is -2.26. The Morgan fingerprint density at radius 2 is 1.67 bits per heavy atom. The molecule has 1 aliphatic heterocycles. The molecular formula is C26H30ClNO5. The molecule has 0 aliphatic carbocycles. The summed E-state index contributed by atoms with van der Waals surface area (Å²) in [6, 6.07) is 10.1. The van der Waals surface area contributed by atoms with Crippen LogP contribution >= 0.6 is 11.6 Å². The molecule has 176 valence electrons. The third-order valence-corrected chi connectivity index (χ3v) is 6.12. The minimum Gasteiger partial charge on any atom is -0.507 e. The topological polar surface area (TPSA) is 76.1 Å². The Kier molecular flexibility index (Phi) is 7.08. The normalized spacial score (nSPS) is 18.0. The van der Waals surface area contributed by atoms with Crippen LogP contribution in [0.2, 0.25) is 5.02 Å². The molecule has 1 saturated heterocycles. The third-order valence-electron chi connectivity index (χ3n) is 5.83. The van der Waals surface area contributed by atoms with Crippen LogP contribution in [0.5, 0.6) is 11.5 Å². The van der Waals surface area contributed by atoms with Crippen LogP contribution < -0.4 is 9.47 Å². The second kappa shape index (κ2) is 9.48. The number of benzene rings is 2. The Hall–Kier alpha value is -2.99. The van der Waals surface area contributed by atoms with Crippen LogP contribution in [0.3, 0.4) is 0 Å². The first-order chi connectivity index (χ1) is 15.5. The van der Waals surface area contributed by atoms with Crippen LogP contribution in [0, 0.1) is 0 Å². The number of aliphatic hydroxyl groups excluding tert-OH is 1. The molecule has 1 fully saturated rings. The number of hydrogen-bond donors (Lipinski definition) is 1. The monoisotopic (exact) mass is 471 g/mol. The maximum atomic E-state index is 13.1. The molecule has 6 nitrogen and oxygen atoms in total. The van der Waals surface area contributed by atoms with Gasteiger partial charge in [0, 0.05) is 12.6 Å². The van der Waals surface area contributed by atoms with Crippen LogP contribution in [0.1, 0.15) is 56.8 Å². The number of amides is 1. The van der Waals surface area contributed by atoms with Crippen molar-refractivity contribution in [3.63, 3.8) is 0 Å². The van der Waals surface area contributed by atoms with Crippen molar-refractivity contribution in [3.8, 4) is 11.5 Å². The molecule has 2 aromatic carbocycles. The van der Waals surface area contributed by atoms with Gasteiger partial charge in [-0.3, -0.25) is 9.59 Å². The summed E-state index contributed by atoms with van der Waals surface area (Å²) in [5, 5.41) is 11.6. The van der Waals surface area contributed by atoms with E-state index < -0.39 is 17.7 Å². The number of likely N-dealkylation sites (tertiary alicyclic amines) is 1. The summed E-state index contributed by atoms with van der Waals surface area (Å²) < 4.78 is 10.7. The fourth-order valence-electron chi connectivity index (χ4n) is 4.05. The molecule has 0 spiro atoms. The Morgan fingerprint density at radius 3 is 2.18 bits per heavy atom. The van der Waals surface area contributed by atoms with E-state index in [1.807, 2.05) is 31.2 Å². The second-order valence-electron chi connectivity index (χ2n) is 9.05. The van der Waals surface area contributed by atoms with Gasteiger partial charge in [0.1, 0.15) is 17.3 Å². The van der Waals surface area contributed by atoms with Crippen molar-refractivity contribution in [3.05, 3.63) is 63.7 Å². The standard InChI is InChI=1S/C26H30ClNO5/c1-7-12-28-22(15-8-10-16(11-9-15)26(2,3)4)21(24(30)25(28)31)23(29)17-13-20(33-6)18(27)14-19(17)32-5/h8-11,13-14,22,29H,7,12H2,1-6H3/b23-21+. The zero-order chi connectivity index (χ0) is 24.5. The van der Waals surface area contributed by atoms with E-state index >= 15 is 0 Å². The van der Waals surface area contributed by atoms with Gasteiger partial charge >= 0.3 is 0 Å². The molecule has 2 aromatic rings. The van der Waals surface area contributed by atoms with Crippen LogP contribution in [-0.4, -0.2) is 42.5 Å².